The van der Waals surface area contributed by atoms with E-state index in [1.807, 2.05) is 0 Å². The summed E-state index contributed by atoms with van der Waals surface area (Å²) in [5.41, 5.74) is 0.809. The largest absolute Gasteiger partial charge is 0.486 e. The van der Waals surface area contributed by atoms with Gasteiger partial charge in [0.05, 0.1) is 23.8 Å². The summed E-state index contributed by atoms with van der Waals surface area (Å²) in [4.78, 5) is 23.9. The number of ether oxygens (including phenoxy) is 4. The van der Waals surface area contributed by atoms with Crippen molar-refractivity contribution >= 4 is 27.6 Å². The summed E-state index contributed by atoms with van der Waals surface area (Å²) >= 11 is 0. The molecule has 0 bridgehead atoms. The molecule has 0 saturated heterocycles. The fourth-order valence-corrected chi connectivity index (χ4v) is 4.10. The maximum atomic E-state index is 12.7. The van der Waals surface area contributed by atoms with Gasteiger partial charge in [-0.25, -0.2) is 18.0 Å². The summed E-state index contributed by atoms with van der Waals surface area (Å²) in [5.74, 6) is -0.546. The van der Waals surface area contributed by atoms with Crippen molar-refractivity contribution in [3.05, 3.63) is 71.7 Å². The van der Waals surface area contributed by atoms with Crippen LogP contribution < -0.4 is 14.2 Å². The van der Waals surface area contributed by atoms with Crippen LogP contribution in [0.4, 0.5) is 5.69 Å². The second-order valence-corrected chi connectivity index (χ2v) is 8.51. The third-order valence-corrected chi connectivity index (χ3v) is 6.05. The summed E-state index contributed by atoms with van der Waals surface area (Å²) < 4.78 is 53.5. The van der Waals surface area contributed by atoms with E-state index in [9.17, 15) is 18.0 Å². The van der Waals surface area contributed by atoms with Crippen molar-refractivity contribution in [2.75, 3.05) is 25.0 Å². The minimum absolute atomic E-state index is 0.0109. The van der Waals surface area contributed by atoms with E-state index in [1.165, 1.54) is 61.9 Å². The van der Waals surface area contributed by atoms with Crippen molar-refractivity contribution in [3.8, 4) is 11.5 Å². The number of carbonyl (C=O) groups is 2. The number of hydrogen-bond acceptors (Lipinski definition) is 9. The number of sulfonamides is 1. The average molecular weight is 473 g/mol. The van der Waals surface area contributed by atoms with Crippen LogP contribution in [0, 0.1) is 0 Å². The Hall–Kier alpha value is -3.99. The molecule has 4 rings (SSSR count). The highest BCUT2D eigenvalue weighted by atomic mass is 32.2. The fraction of sp³-hybridized carbons (Fsp3) is 0.182. The second kappa shape index (κ2) is 9.25. The molecule has 33 heavy (non-hydrogen) atoms. The molecular weight excluding hydrogens is 454 g/mol. The first-order valence-corrected chi connectivity index (χ1v) is 11.2. The molecule has 2 heterocycles. The molecule has 10 nitrogen and oxygen atoms in total. The van der Waals surface area contributed by atoms with E-state index >= 15 is 0 Å². The predicted octanol–water partition coefficient (Wildman–Crippen LogP) is 3.00. The molecule has 0 atom stereocenters. The molecule has 0 saturated carbocycles. The number of benzene rings is 2. The normalized spacial score (nSPS) is 12.6. The highest BCUT2D eigenvalue weighted by Gasteiger charge is 2.20. The quantitative estimate of drug-likeness (QED) is 0.515. The maximum absolute atomic E-state index is 12.7. The zero-order chi connectivity index (χ0) is 23.4. The van der Waals surface area contributed by atoms with Gasteiger partial charge in [-0.05, 0) is 42.5 Å². The van der Waals surface area contributed by atoms with Gasteiger partial charge in [-0.15, -0.1) is 0 Å². The highest BCUT2D eigenvalue weighted by Crippen LogP contribution is 2.32. The molecule has 0 spiro atoms. The van der Waals surface area contributed by atoms with Crippen LogP contribution in [0.3, 0.4) is 0 Å². The van der Waals surface area contributed by atoms with Gasteiger partial charge in [0.15, 0.2) is 11.5 Å². The van der Waals surface area contributed by atoms with E-state index in [-0.39, 0.29) is 28.5 Å². The van der Waals surface area contributed by atoms with E-state index < -0.39 is 22.0 Å². The Bertz CT molecular complexity index is 1280. The zero-order valence-corrected chi connectivity index (χ0v) is 18.2. The van der Waals surface area contributed by atoms with Crippen LogP contribution in [0.15, 0.2) is 64.1 Å². The lowest BCUT2D eigenvalue weighted by Crippen LogP contribution is -2.17. The Kier molecular flexibility index (Phi) is 6.22. The summed E-state index contributed by atoms with van der Waals surface area (Å²) in [6.07, 6.45) is 1.29. The van der Waals surface area contributed by atoms with Gasteiger partial charge < -0.3 is 23.4 Å². The molecule has 3 aromatic rings. The number of carbonyl (C=O) groups excluding carboxylic acids is 2. The molecule has 11 heteroatoms. The van der Waals surface area contributed by atoms with E-state index in [2.05, 4.69) is 9.46 Å². The summed E-state index contributed by atoms with van der Waals surface area (Å²) in [7, 11) is -2.68. The minimum Gasteiger partial charge on any atom is -0.486 e. The van der Waals surface area contributed by atoms with Crippen molar-refractivity contribution < 1.29 is 41.4 Å². The zero-order valence-electron chi connectivity index (χ0n) is 17.4. The monoisotopic (exact) mass is 473 g/mol. The average Bonchev–Trinajstić information content (AvgIpc) is 3.30. The van der Waals surface area contributed by atoms with Gasteiger partial charge >= 0.3 is 11.9 Å². The molecule has 2 aromatic carbocycles. The standard InChI is InChI=1S/C22H19NO9S/c1-28-22(25)20-15(8-9-31-20)13-32-21(24)14-2-4-16(5-3-14)23-33(26,27)17-6-7-18-19(12-17)30-11-10-29-18/h2-9,12,23H,10-11,13H2,1H3. The Morgan fingerprint density at radius 3 is 2.42 bits per heavy atom. The first-order valence-electron chi connectivity index (χ1n) is 9.72. The molecule has 172 valence electrons. The minimum atomic E-state index is -3.89. The van der Waals surface area contributed by atoms with Crippen molar-refractivity contribution in [1.29, 1.82) is 0 Å². The lowest BCUT2D eigenvalue weighted by Gasteiger charge is -2.19. The molecular formula is C22H19NO9S. The molecule has 1 N–H and O–H groups in total. The molecule has 0 amide bonds. The Morgan fingerprint density at radius 1 is 0.970 bits per heavy atom. The van der Waals surface area contributed by atoms with Crippen LogP contribution in [-0.4, -0.2) is 40.7 Å². The number of nitrogens with one attached hydrogen (secondary N) is 1. The maximum Gasteiger partial charge on any atom is 0.374 e. The van der Waals surface area contributed by atoms with Gasteiger partial charge in [0.1, 0.15) is 19.8 Å². The van der Waals surface area contributed by atoms with Gasteiger partial charge in [-0.3, -0.25) is 4.72 Å². The SMILES string of the molecule is COC(=O)c1occc1COC(=O)c1ccc(NS(=O)(=O)c2ccc3c(c2)OCCO3)cc1. The van der Waals surface area contributed by atoms with Crippen molar-refractivity contribution in [1.82, 2.24) is 0 Å². The van der Waals surface area contributed by atoms with E-state index in [1.54, 1.807) is 0 Å². The van der Waals surface area contributed by atoms with Crippen LogP contribution in [-0.2, 0) is 26.1 Å². The first-order chi connectivity index (χ1) is 15.9. The fourth-order valence-electron chi connectivity index (χ4n) is 3.03. The second-order valence-electron chi connectivity index (χ2n) is 6.83. The van der Waals surface area contributed by atoms with Crippen molar-refractivity contribution in [2.24, 2.45) is 0 Å². The van der Waals surface area contributed by atoms with Crippen LogP contribution >= 0.6 is 0 Å². The smallest absolute Gasteiger partial charge is 0.374 e. The Labute approximate surface area is 189 Å². The molecule has 1 aromatic heterocycles. The third kappa shape index (κ3) is 4.93. The summed E-state index contributed by atoms with van der Waals surface area (Å²) in [6.45, 7) is 0.547. The van der Waals surface area contributed by atoms with Gasteiger partial charge in [-0.2, -0.15) is 0 Å². The van der Waals surface area contributed by atoms with Gasteiger partial charge in [0, 0.05) is 17.3 Å². The number of hydrogen-bond donors (Lipinski definition) is 1. The lowest BCUT2D eigenvalue weighted by molar-refractivity contribution is 0.0453. The molecule has 1 aliphatic heterocycles. The Morgan fingerprint density at radius 2 is 1.70 bits per heavy atom. The lowest BCUT2D eigenvalue weighted by atomic mass is 10.2. The number of rotatable bonds is 7. The van der Waals surface area contributed by atoms with Crippen molar-refractivity contribution in [2.45, 2.75) is 11.5 Å². The van der Waals surface area contributed by atoms with Crippen LogP contribution in [0.2, 0.25) is 0 Å². The van der Waals surface area contributed by atoms with Gasteiger partial charge in [0.2, 0.25) is 5.76 Å². The molecule has 0 unspecified atom stereocenters. The summed E-state index contributed by atoms with van der Waals surface area (Å²) in [5, 5.41) is 0. The number of esters is 2. The topological polar surface area (TPSA) is 130 Å². The van der Waals surface area contributed by atoms with Crippen LogP contribution in [0.1, 0.15) is 26.5 Å². The number of fused-ring (bicyclic) bond motifs is 1. The number of anilines is 1. The molecule has 0 aliphatic carbocycles. The van der Waals surface area contributed by atoms with Gasteiger partial charge in [0.25, 0.3) is 10.0 Å². The summed E-state index contributed by atoms with van der Waals surface area (Å²) in [6, 6.07) is 11.5. The predicted molar refractivity (Wildman–Crippen MR) is 114 cm³/mol. The number of methoxy groups -OCH3 is 1. The van der Waals surface area contributed by atoms with E-state index in [0.717, 1.165) is 0 Å². The first kappa shape index (κ1) is 22.2. The molecule has 0 fully saturated rings. The molecule has 1 aliphatic rings. The van der Waals surface area contributed by atoms with Gasteiger partial charge in [-0.1, -0.05) is 0 Å². The highest BCUT2D eigenvalue weighted by molar-refractivity contribution is 7.92. The van der Waals surface area contributed by atoms with Crippen LogP contribution in [0.25, 0.3) is 0 Å². The third-order valence-electron chi connectivity index (χ3n) is 4.67. The van der Waals surface area contributed by atoms with E-state index in [0.29, 0.717) is 30.3 Å². The molecule has 0 radical (unpaired) electrons. The Balaban J connectivity index is 1.40. The number of furan rings is 1. The van der Waals surface area contributed by atoms with Crippen LogP contribution in [0.5, 0.6) is 11.5 Å². The van der Waals surface area contributed by atoms with Crippen molar-refractivity contribution in [3.63, 3.8) is 0 Å². The van der Waals surface area contributed by atoms with E-state index in [4.69, 9.17) is 18.6 Å².